The number of hydrogen-bond acceptors (Lipinski definition) is 5. The molecule has 0 bridgehead atoms. The zero-order valence-electron chi connectivity index (χ0n) is 16.3. The fourth-order valence-electron chi connectivity index (χ4n) is 3.08. The monoisotopic (exact) mass is 383 g/mol. The van der Waals surface area contributed by atoms with Crippen LogP contribution in [0, 0.1) is 0 Å². The van der Waals surface area contributed by atoms with Crippen molar-refractivity contribution in [2.24, 2.45) is 0 Å². The van der Waals surface area contributed by atoms with Crippen molar-refractivity contribution in [3.05, 3.63) is 53.9 Å². The molecular weight excluding hydrogens is 358 g/mol. The molecule has 28 heavy (non-hydrogen) atoms. The average molecular weight is 383 g/mol. The second-order valence-corrected chi connectivity index (χ2v) is 6.54. The Balaban J connectivity index is 1.69. The van der Waals surface area contributed by atoms with Crippen molar-refractivity contribution in [2.45, 2.75) is 20.5 Å². The van der Waals surface area contributed by atoms with Gasteiger partial charge in [-0.3, -0.25) is 14.6 Å². The number of ether oxygens (including phenoxy) is 2. The summed E-state index contributed by atoms with van der Waals surface area (Å²) in [5.41, 5.74) is 1.50. The van der Waals surface area contributed by atoms with E-state index in [2.05, 4.69) is 4.98 Å². The molecule has 1 saturated heterocycles. The van der Waals surface area contributed by atoms with Crippen LogP contribution in [0.15, 0.2) is 42.7 Å². The van der Waals surface area contributed by atoms with Crippen LogP contribution in [0.5, 0.6) is 11.5 Å². The third-order valence-electron chi connectivity index (χ3n) is 4.62. The van der Waals surface area contributed by atoms with Gasteiger partial charge in [0.1, 0.15) is 6.61 Å². The lowest BCUT2D eigenvalue weighted by molar-refractivity contribution is -0.130. The van der Waals surface area contributed by atoms with E-state index >= 15 is 0 Å². The molecule has 2 amide bonds. The van der Waals surface area contributed by atoms with Crippen LogP contribution in [-0.4, -0.2) is 59.4 Å². The van der Waals surface area contributed by atoms with Gasteiger partial charge in [0.25, 0.3) is 5.91 Å². The normalized spacial score (nSPS) is 13.9. The quantitative estimate of drug-likeness (QED) is 0.766. The van der Waals surface area contributed by atoms with Crippen LogP contribution < -0.4 is 9.47 Å². The standard InChI is InChI=1S/C21H25N3O4/c1-3-27-20-13-18(21(26)24-11-9-23(10-12-24)16(2)25)6-7-19(20)28-15-17-5-4-8-22-14-17/h4-8,13-14H,3,9-12,15H2,1-2H3. The molecule has 0 spiro atoms. The van der Waals surface area contributed by atoms with Crippen molar-refractivity contribution in [1.82, 2.24) is 14.8 Å². The molecular formula is C21H25N3O4. The number of aromatic nitrogens is 1. The van der Waals surface area contributed by atoms with E-state index in [9.17, 15) is 9.59 Å². The molecule has 1 aliphatic heterocycles. The molecule has 1 fully saturated rings. The van der Waals surface area contributed by atoms with Crippen molar-refractivity contribution in [3.63, 3.8) is 0 Å². The minimum atomic E-state index is -0.0667. The molecule has 0 N–H and O–H groups in total. The number of nitrogens with zero attached hydrogens (tertiary/aromatic N) is 3. The number of carbonyl (C=O) groups is 2. The van der Waals surface area contributed by atoms with E-state index < -0.39 is 0 Å². The number of benzene rings is 1. The van der Waals surface area contributed by atoms with E-state index in [1.54, 1.807) is 47.3 Å². The highest BCUT2D eigenvalue weighted by Crippen LogP contribution is 2.30. The zero-order chi connectivity index (χ0) is 19.9. The maximum absolute atomic E-state index is 12.8. The van der Waals surface area contributed by atoms with Crippen molar-refractivity contribution >= 4 is 11.8 Å². The van der Waals surface area contributed by atoms with E-state index in [1.807, 2.05) is 19.1 Å². The SMILES string of the molecule is CCOc1cc(C(=O)N2CCN(C(C)=O)CC2)ccc1OCc1cccnc1. The Bertz CT molecular complexity index is 818. The number of hydrogen-bond donors (Lipinski definition) is 0. The maximum atomic E-state index is 12.8. The lowest BCUT2D eigenvalue weighted by Gasteiger charge is -2.34. The van der Waals surface area contributed by atoms with Gasteiger partial charge in [0.2, 0.25) is 5.91 Å². The van der Waals surface area contributed by atoms with Crippen molar-refractivity contribution in [1.29, 1.82) is 0 Å². The molecule has 0 aliphatic carbocycles. The van der Waals surface area contributed by atoms with Crippen LogP contribution in [0.1, 0.15) is 29.8 Å². The van der Waals surface area contributed by atoms with E-state index in [0.717, 1.165) is 5.56 Å². The number of carbonyl (C=O) groups excluding carboxylic acids is 2. The summed E-state index contributed by atoms with van der Waals surface area (Å²) in [6.07, 6.45) is 3.46. The van der Waals surface area contributed by atoms with Crippen LogP contribution in [0.25, 0.3) is 0 Å². The van der Waals surface area contributed by atoms with Crippen LogP contribution in [-0.2, 0) is 11.4 Å². The van der Waals surface area contributed by atoms with Gasteiger partial charge in [-0.25, -0.2) is 0 Å². The second kappa shape index (κ2) is 9.21. The average Bonchev–Trinajstić information content (AvgIpc) is 2.73. The number of pyridine rings is 1. The highest BCUT2D eigenvalue weighted by Gasteiger charge is 2.24. The van der Waals surface area contributed by atoms with Crippen molar-refractivity contribution in [2.75, 3.05) is 32.8 Å². The van der Waals surface area contributed by atoms with Gasteiger partial charge in [0.15, 0.2) is 11.5 Å². The summed E-state index contributed by atoms with van der Waals surface area (Å²) in [5.74, 6) is 1.10. The number of amides is 2. The summed E-state index contributed by atoms with van der Waals surface area (Å²) in [6.45, 7) is 6.46. The van der Waals surface area contributed by atoms with Gasteiger partial charge >= 0.3 is 0 Å². The number of piperazine rings is 1. The van der Waals surface area contributed by atoms with Crippen LogP contribution in [0.2, 0.25) is 0 Å². The molecule has 2 aromatic rings. The molecule has 1 aromatic carbocycles. The molecule has 148 valence electrons. The molecule has 7 heteroatoms. The van der Waals surface area contributed by atoms with Gasteiger partial charge in [0.05, 0.1) is 6.61 Å². The molecule has 2 heterocycles. The topological polar surface area (TPSA) is 72.0 Å². The van der Waals surface area contributed by atoms with Gasteiger partial charge in [-0.05, 0) is 31.2 Å². The summed E-state index contributed by atoms with van der Waals surface area (Å²) < 4.78 is 11.6. The predicted molar refractivity (Wildman–Crippen MR) is 104 cm³/mol. The van der Waals surface area contributed by atoms with Gasteiger partial charge < -0.3 is 19.3 Å². The molecule has 1 aliphatic rings. The highest BCUT2D eigenvalue weighted by atomic mass is 16.5. The molecule has 0 radical (unpaired) electrons. The molecule has 0 saturated carbocycles. The lowest BCUT2D eigenvalue weighted by atomic mass is 10.1. The fourth-order valence-corrected chi connectivity index (χ4v) is 3.08. The summed E-state index contributed by atoms with van der Waals surface area (Å²) in [5, 5.41) is 0. The van der Waals surface area contributed by atoms with E-state index in [4.69, 9.17) is 9.47 Å². The first-order valence-electron chi connectivity index (χ1n) is 9.42. The Hall–Kier alpha value is -3.09. The predicted octanol–water partition coefficient (Wildman–Crippen LogP) is 2.36. The first kappa shape index (κ1) is 19.7. The largest absolute Gasteiger partial charge is 0.490 e. The first-order valence-corrected chi connectivity index (χ1v) is 9.42. The number of rotatable bonds is 6. The van der Waals surface area contributed by atoms with Crippen LogP contribution >= 0.6 is 0 Å². The maximum Gasteiger partial charge on any atom is 0.254 e. The van der Waals surface area contributed by atoms with Crippen molar-refractivity contribution < 1.29 is 19.1 Å². The summed E-state index contributed by atoms with van der Waals surface area (Å²) >= 11 is 0. The summed E-state index contributed by atoms with van der Waals surface area (Å²) in [6, 6.07) is 9.03. The smallest absolute Gasteiger partial charge is 0.254 e. The van der Waals surface area contributed by atoms with E-state index in [0.29, 0.717) is 56.5 Å². The van der Waals surface area contributed by atoms with E-state index in [1.165, 1.54) is 0 Å². The Labute approximate surface area is 164 Å². The van der Waals surface area contributed by atoms with E-state index in [-0.39, 0.29) is 11.8 Å². The molecule has 0 unspecified atom stereocenters. The Morgan fingerprint density at radius 2 is 1.79 bits per heavy atom. The Morgan fingerprint density at radius 3 is 2.43 bits per heavy atom. The van der Waals surface area contributed by atoms with Crippen LogP contribution in [0.3, 0.4) is 0 Å². The van der Waals surface area contributed by atoms with Crippen LogP contribution in [0.4, 0.5) is 0 Å². The highest BCUT2D eigenvalue weighted by molar-refractivity contribution is 5.95. The van der Waals surface area contributed by atoms with Gasteiger partial charge in [-0.2, -0.15) is 0 Å². The minimum absolute atomic E-state index is 0.0425. The molecule has 7 nitrogen and oxygen atoms in total. The third-order valence-corrected chi connectivity index (χ3v) is 4.62. The molecule has 0 atom stereocenters. The molecule has 3 rings (SSSR count). The Morgan fingerprint density at radius 1 is 1.04 bits per heavy atom. The van der Waals surface area contributed by atoms with Gasteiger partial charge in [-0.15, -0.1) is 0 Å². The lowest BCUT2D eigenvalue weighted by Crippen LogP contribution is -2.50. The Kier molecular flexibility index (Phi) is 6.47. The fraction of sp³-hybridized carbons (Fsp3) is 0.381. The van der Waals surface area contributed by atoms with Gasteiger partial charge in [0, 0.05) is 56.6 Å². The minimum Gasteiger partial charge on any atom is -0.490 e. The zero-order valence-corrected chi connectivity index (χ0v) is 16.3. The third kappa shape index (κ3) is 4.79. The second-order valence-electron chi connectivity index (χ2n) is 6.54. The van der Waals surface area contributed by atoms with Gasteiger partial charge in [-0.1, -0.05) is 6.07 Å². The summed E-state index contributed by atoms with van der Waals surface area (Å²) in [4.78, 5) is 31.9. The molecule has 1 aromatic heterocycles. The summed E-state index contributed by atoms with van der Waals surface area (Å²) in [7, 11) is 0. The van der Waals surface area contributed by atoms with Crippen molar-refractivity contribution in [3.8, 4) is 11.5 Å². The first-order chi connectivity index (χ1) is 13.6.